The average Bonchev–Trinajstić information content (AvgIpc) is 2.95. The predicted molar refractivity (Wildman–Crippen MR) is 82.1 cm³/mol. The van der Waals surface area contributed by atoms with Crippen molar-refractivity contribution in [3.05, 3.63) is 29.8 Å². The number of rotatable bonds is 7. The molecular weight excluding hydrogens is 282 g/mol. The Hall–Kier alpha value is -2.28. The zero-order valence-corrected chi connectivity index (χ0v) is 13.1. The van der Waals surface area contributed by atoms with Crippen LogP contribution >= 0.6 is 0 Å². The minimum atomic E-state index is -0.171. The first kappa shape index (κ1) is 16.1. The number of nitrogens with one attached hydrogen (secondary N) is 1. The lowest BCUT2D eigenvalue weighted by molar-refractivity contribution is -0.123. The lowest BCUT2D eigenvalue weighted by atomic mass is 10.1. The summed E-state index contributed by atoms with van der Waals surface area (Å²) in [6, 6.07) is 7.94. The molecule has 1 atom stereocenters. The molecule has 7 nitrogen and oxygen atoms in total. The summed E-state index contributed by atoms with van der Waals surface area (Å²) >= 11 is 0. The second kappa shape index (κ2) is 7.65. The van der Waals surface area contributed by atoms with Gasteiger partial charge in [0, 0.05) is 18.7 Å². The van der Waals surface area contributed by atoms with Crippen molar-refractivity contribution in [3.8, 4) is 11.4 Å². The smallest absolute Gasteiger partial charge is 0.243 e. The van der Waals surface area contributed by atoms with Crippen molar-refractivity contribution >= 4 is 5.91 Å². The molecule has 2 aromatic rings. The van der Waals surface area contributed by atoms with Gasteiger partial charge in [0.25, 0.3) is 0 Å². The van der Waals surface area contributed by atoms with Crippen LogP contribution in [0.1, 0.15) is 19.4 Å². The van der Waals surface area contributed by atoms with Crippen LogP contribution in [-0.4, -0.2) is 45.9 Å². The minimum Gasteiger partial charge on any atom is -0.383 e. The molecule has 1 aromatic heterocycles. The number of benzene rings is 1. The molecule has 22 heavy (non-hydrogen) atoms. The number of hydrogen-bond acceptors (Lipinski definition) is 5. The van der Waals surface area contributed by atoms with Crippen molar-refractivity contribution < 1.29 is 9.53 Å². The highest BCUT2D eigenvalue weighted by Crippen LogP contribution is 2.14. The van der Waals surface area contributed by atoms with Crippen LogP contribution in [0.4, 0.5) is 0 Å². The van der Waals surface area contributed by atoms with Crippen LogP contribution < -0.4 is 5.32 Å². The number of carbonyl (C=O) groups excluding carboxylic acids is 1. The maximum Gasteiger partial charge on any atom is 0.243 e. The second-order valence-electron chi connectivity index (χ2n) is 5.12. The third kappa shape index (κ3) is 4.36. The molecule has 1 amide bonds. The molecule has 0 aliphatic heterocycles. The fraction of sp³-hybridized carbons (Fsp3) is 0.467. The van der Waals surface area contributed by atoms with Crippen molar-refractivity contribution in [3.63, 3.8) is 0 Å². The molecule has 0 aliphatic rings. The molecule has 7 heteroatoms. The van der Waals surface area contributed by atoms with E-state index < -0.39 is 0 Å². The molecule has 0 bridgehead atoms. The fourth-order valence-electron chi connectivity index (χ4n) is 2.06. The van der Waals surface area contributed by atoms with Gasteiger partial charge in [-0.15, -0.1) is 10.2 Å². The molecule has 0 unspecified atom stereocenters. The number of aromatic nitrogens is 4. The third-order valence-corrected chi connectivity index (χ3v) is 3.18. The van der Waals surface area contributed by atoms with Crippen LogP contribution in [0.15, 0.2) is 24.3 Å². The Morgan fingerprint density at radius 2 is 2.09 bits per heavy atom. The highest BCUT2D eigenvalue weighted by Gasteiger charge is 2.11. The average molecular weight is 303 g/mol. The van der Waals surface area contributed by atoms with Gasteiger partial charge in [0.2, 0.25) is 11.7 Å². The quantitative estimate of drug-likeness (QED) is 0.827. The molecule has 118 valence electrons. The van der Waals surface area contributed by atoms with E-state index in [1.807, 2.05) is 31.2 Å². The van der Waals surface area contributed by atoms with E-state index in [4.69, 9.17) is 4.74 Å². The van der Waals surface area contributed by atoms with Crippen molar-refractivity contribution in [1.29, 1.82) is 0 Å². The summed E-state index contributed by atoms with van der Waals surface area (Å²) in [6.07, 6.45) is 0.986. The molecule has 0 fully saturated rings. The van der Waals surface area contributed by atoms with E-state index in [2.05, 4.69) is 27.7 Å². The molecule has 0 saturated heterocycles. The Labute approximate surface area is 129 Å². The number of nitrogens with zero attached hydrogens (tertiary/aromatic N) is 4. The number of carbonyl (C=O) groups is 1. The van der Waals surface area contributed by atoms with Crippen LogP contribution in [0.5, 0.6) is 0 Å². The van der Waals surface area contributed by atoms with E-state index in [-0.39, 0.29) is 18.5 Å². The molecule has 0 saturated carbocycles. The molecule has 1 heterocycles. The molecule has 2 rings (SSSR count). The van der Waals surface area contributed by atoms with Crippen LogP contribution in [-0.2, 0) is 22.5 Å². The van der Waals surface area contributed by atoms with Crippen LogP contribution in [0.2, 0.25) is 0 Å². The van der Waals surface area contributed by atoms with E-state index in [0.717, 1.165) is 12.0 Å². The summed E-state index contributed by atoms with van der Waals surface area (Å²) in [5.41, 5.74) is 2.14. The molecule has 1 N–H and O–H groups in total. The Balaban J connectivity index is 1.97. The largest absolute Gasteiger partial charge is 0.383 e. The first-order chi connectivity index (χ1) is 10.6. The van der Waals surface area contributed by atoms with Crippen molar-refractivity contribution in [1.82, 2.24) is 25.5 Å². The topological polar surface area (TPSA) is 81.9 Å². The lowest BCUT2D eigenvalue weighted by Crippen LogP contribution is -2.38. The van der Waals surface area contributed by atoms with Gasteiger partial charge in [-0.25, -0.2) is 0 Å². The van der Waals surface area contributed by atoms with E-state index in [0.29, 0.717) is 12.4 Å². The normalized spacial score (nSPS) is 12.1. The first-order valence-corrected chi connectivity index (χ1v) is 7.27. The maximum atomic E-state index is 11.8. The van der Waals surface area contributed by atoms with Crippen LogP contribution in [0.3, 0.4) is 0 Å². The van der Waals surface area contributed by atoms with E-state index in [1.54, 1.807) is 7.11 Å². The molecular formula is C15H21N5O2. The van der Waals surface area contributed by atoms with Gasteiger partial charge in [0.15, 0.2) is 0 Å². The molecule has 0 radical (unpaired) electrons. The minimum absolute atomic E-state index is 0.0358. The van der Waals surface area contributed by atoms with Gasteiger partial charge < -0.3 is 10.1 Å². The van der Waals surface area contributed by atoms with Gasteiger partial charge in [-0.05, 0) is 24.1 Å². The highest BCUT2D eigenvalue weighted by molar-refractivity contribution is 5.75. The Bertz CT molecular complexity index is 609. The number of amides is 1. The van der Waals surface area contributed by atoms with Gasteiger partial charge in [0.1, 0.15) is 6.54 Å². The Morgan fingerprint density at radius 3 is 2.73 bits per heavy atom. The number of ether oxygens (including phenoxy) is 1. The summed E-state index contributed by atoms with van der Waals surface area (Å²) in [5.74, 6) is 0.343. The fourth-order valence-corrected chi connectivity index (χ4v) is 2.06. The first-order valence-electron chi connectivity index (χ1n) is 7.27. The predicted octanol–water partition coefficient (Wildman–Crippen LogP) is 1.05. The van der Waals surface area contributed by atoms with Gasteiger partial charge >= 0.3 is 0 Å². The highest BCUT2D eigenvalue weighted by atomic mass is 16.5. The van der Waals surface area contributed by atoms with Crippen molar-refractivity contribution in [2.45, 2.75) is 32.9 Å². The van der Waals surface area contributed by atoms with Gasteiger partial charge in [-0.1, -0.05) is 31.2 Å². The maximum absolute atomic E-state index is 11.8. The summed E-state index contributed by atoms with van der Waals surface area (Å²) in [5, 5.41) is 14.9. The zero-order valence-electron chi connectivity index (χ0n) is 13.1. The summed E-state index contributed by atoms with van der Waals surface area (Å²) < 4.78 is 4.97. The Kier molecular flexibility index (Phi) is 5.60. The third-order valence-electron chi connectivity index (χ3n) is 3.18. The number of methoxy groups -OCH3 is 1. The van der Waals surface area contributed by atoms with E-state index >= 15 is 0 Å². The van der Waals surface area contributed by atoms with Gasteiger partial charge in [0.05, 0.1) is 6.61 Å². The molecule has 1 aromatic carbocycles. The summed E-state index contributed by atoms with van der Waals surface area (Å²) in [4.78, 5) is 13.1. The molecule has 0 spiro atoms. The monoisotopic (exact) mass is 303 g/mol. The Morgan fingerprint density at radius 1 is 1.36 bits per heavy atom. The van der Waals surface area contributed by atoms with Crippen molar-refractivity contribution in [2.24, 2.45) is 0 Å². The number of hydrogen-bond donors (Lipinski definition) is 1. The van der Waals surface area contributed by atoms with Crippen molar-refractivity contribution in [2.75, 3.05) is 13.7 Å². The second-order valence-corrected chi connectivity index (χ2v) is 5.12. The van der Waals surface area contributed by atoms with E-state index in [1.165, 1.54) is 10.4 Å². The number of aryl methyl sites for hydroxylation is 1. The van der Waals surface area contributed by atoms with E-state index in [9.17, 15) is 4.79 Å². The van der Waals surface area contributed by atoms with Crippen LogP contribution in [0, 0.1) is 0 Å². The summed E-state index contributed by atoms with van der Waals surface area (Å²) in [7, 11) is 1.59. The zero-order chi connectivity index (χ0) is 15.9. The lowest BCUT2D eigenvalue weighted by Gasteiger charge is -2.11. The summed E-state index contributed by atoms with van der Waals surface area (Å²) in [6.45, 7) is 4.48. The van der Waals surface area contributed by atoms with Gasteiger partial charge in [-0.2, -0.15) is 4.80 Å². The van der Waals surface area contributed by atoms with Crippen LogP contribution in [0.25, 0.3) is 11.4 Å². The SMILES string of the molecule is CCc1ccc(-c2nnn(CC(=O)N[C@@H](C)COC)n2)cc1. The number of tetrazole rings is 1. The molecule has 0 aliphatic carbocycles. The standard InChI is InChI=1S/C15H21N5O2/c1-4-12-5-7-13(8-6-12)15-17-19-20(18-15)9-14(21)16-11(2)10-22-3/h5-8,11H,4,9-10H2,1-3H3,(H,16,21)/t11-/m0/s1. The van der Waals surface area contributed by atoms with Gasteiger partial charge in [-0.3, -0.25) is 4.79 Å².